The lowest BCUT2D eigenvalue weighted by Gasteiger charge is -2.30. The van der Waals surface area contributed by atoms with Gasteiger partial charge in [0.25, 0.3) is 0 Å². The highest BCUT2D eigenvalue weighted by molar-refractivity contribution is 5.42. The van der Waals surface area contributed by atoms with Crippen LogP contribution < -0.4 is 11.1 Å². The van der Waals surface area contributed by atoms with Gasteiger partial charge in [-0.25, -0.2) is 15.0 Å². The van der Waals surface area contributed by atoms with Crippen molar-refractivity contribution in [3.05, 3.63) is 34.5 Å². The molecule has 1 saturated carbocycles. The summed E-state index contributed by atoms with van der Waals surface area (Å²) in [6.45, 7) is 2.77. The van der Waals surface area contributed by atoms with E-state index in [1.54, 1.807) is 0 Å². The molecule has 0 bridgehead atoms. The first-order chi connectivity index (χ1) is 12.1. The molecule has 0 aromatic carbocycles. The molecule has 0 atom stereocenters. The SMILES string of the molecule is Cc1nc(CCNc2cc(C3CC(O)C3)nc(N)n2)nc2c1CCC2. The molecule has 25 heavy (non-hydrogen) atoms. The van der Waals surface area contributed by atoms with Crippen LogP contribution in [-0.4, -0.2) is 37.7 Å². The number of aliphatic hydroxyl groups excluding tert-OH is 1. The first kappa shape index (κ1) is 16.2. The molecule has 0 saturated heterocycles. The predicted octanol–water partition coefficient (Wildman–Crippen LogP) is 1.54. The maximum absolute atomic E-state index is 9.47. The van der Waals surface area contributed by atoms with E-state index in [4.69, 9.17) is 10.7 Å². The van der Waals surface area contributed by atoms with Crippen LogP contribution in [0.1, 0.15) is 53.7 Å². The summed E-state index contributed by atoms with van der Waals surface area (Å²) in [6, 6.07) is 1.93. The van der Waals surface area contributed by atoms with Crippen molar-refractivity contribution >= 4 is 11.8 Å². The molecule has 4 rings (SSSR count). The number of nitrogens with two attached hydrogens (primary N) is 1. The minimum atomic E-state index is -0.210. The molecule has 132 valence electrons. The first-order valence-electron chi connectivity index (χ1n) is 9.00. The average Bonchev–Trinajstić information content (AvgIpc) is 3.00. The molecule has 2 heterocycles. The summed E-state index contributed by atoms with van der Waals surface area (Å²) in [4.78, 5) is 17.9. The number of hydrogen-bond acceptors (Lipinski definition) is 7. The maximum atomic E-state index is 9.47. The Hall–Kier alpha value is -2.28. The summed E-state index contributed by atoms with van der Waals surface area (Å²) in [5.41, 5.74) is 10.4. The molecule has 0 spiro atoms. The van der Waals surface area contributed by atoms with Gasteiger partial charge in [0.15, 0.2) is 0 Å². The molecule has 0 amide bonds. The average molecular weight is 340 g/mol. The number of nitrogen functional groups attached to an aromatic ring is 1. The van der Waals surface area contributed by atoms with Crippen molar-refractivity contribution in [3.63, 3.8) is 0 Å². The molecule has 0 radical (unpaired) electrons. The van der Waals surface area contributed by atoms with Crippen LogP contribution in [0.4, 0.5) is 11.8 Å². The Kier molecular flexibility index (Phi) is 4.25. The number of rotatable bonds is 5. The smallest absolute Gasteiger partial charge is 0.222 e. The minimum Gasteiger partial charge on any atom is -0.393 e. The van der Waals surface area contributed by atoms with Gasteiger partial charge in [0.1, 0.15) is 11.6 Å². The van der Waals surface area contributed by atoms with Gasteiger partial charge in [0.2, 0.25) is 5.95 Å². The van der Waals surface area contributed by atoms with Crippen LogP contribution in [0.2, 0.25) is 0 Å². The summed E-state index contributed by atoms with van der Waals surface area (Å²) in [7, 11) is 0. The third kappa shape index (κ3) is 3.42. The Morgan fingerprint density at radius 1 is 1.20 bits per heavy atom. The van der Waals surface area contributed by atoms with E-state index in [0.717, 1.165) is 55.1 Å². The van der Waals surface area contributed by atoms with Gasteiger partial charge in [-0.15, -0.1) is 0 Å². The number of aliphatic hydroxyl groups is 1. The fourth-order valence-corrected chi connectivity index (χ4v) is 3.71. The zero-order chi connectivity index (χ0) is 17.4. The Morgan fingerprint density at radius 2 is 2.04 bits per heavy atom. The number of aromatic nitrogens is 4. The second-order valence-corrected chi connectivity index (χ2v) is 7.04. The van der Waals surface area contributed by atoms with Crippen molar-refractivity contribution < 1.29 is 5.11 Å². The van der Waals surface area contributed by atoms with Gasteiger partial charge in [0.05, 0.1) is 11.8 Å². The van der Waals surface area contributed by atoms with Crippen LogP contribution >= 0.6 is 0 Å². The molecule has 2 aliphatic carbocycles. The van der Waals surface area contributed by atoms with Crippen molar-refractivity contribution in [2.45, 2.75) is 57.5 Å². The lowest BCUT2D eigenvalue weighted by molar-refractivity contribution is 0.0732. The molecular weight excluding hydrogens is 316 g/mol. The second kappa shape index (κ2) is 6.55. The van der Waals surface area contributed by atoms with Crippen molar-refractivity contribution in [1.82, 2.24) is 19.9 Å². The number of anilines is 2. The normalized spacial score (nSPS) is 21.7. The number of fused-ring (bicyclic) bond motifs is 1. The number of nitrogens with one attached hydrogen (secondary N) is 1. The molecule has 2 aromatic heterocycles. The lowest BCUT2D eigenvalue weighted by Crippen LogP contribution is -2.27. The van der Waals surface area contributed by atoms with E-state index in [0.29, 0.717) is 6.54 Å². The monoisotopic (exact) mass is 340 g/mol. The molecule has 1 fully saturated rings. The standard InChI is InChI=1S/C18H24N6O/c1-10-13-3-2-4-14(13)22-16(21-10)5-6-20-17-9-15(23-18(19)24-17)11-7-12(25)8-11/h9,11-12,25H,2-8H2,1H3,(H3,19,20,23,24). The van der Waals surface area contributed by atoms with Crippen LogP contribution in [0.3, 0.4) is 0 Å². The number of nitrogens with zero attached hydrogens (tertiary/aromatic N) is 4. The third-order valence-electron chi connectivity index (χ3n) is 5.14. The van der Waals surface area contributed by atoms with Crippen molar-refractivity contribution in [2.75, 3.05) is 17.6 Å². The van der Waals surface area contributed by atoms with Gasteiger partial charge in [-0.3, -0.25) is 0 Å². The molecule has 7 nitrogen and oxygen atoms in total. The molecule has 2 aliphatic rings. The molecule has 0 aliphatic heterocycles. The lowest BCUT2D eigenvalue weighted by atomic mass is 9.80. The van der Waals surface area contributed by atoms with Crippen LogP contribution in [-0.2, 0) is 19.3 Å². The van der Waals surface area contributed by atoms with Gasteiger partial charge in [0, 0.05) is 36.3 Å². The predicted molar refractivity (Wildman–Crippen MR) is 95.4 cm³/mol. The Labute approximate surface area is 147 Å². The van der Waals surface area contributed by atoms with Gasteiger partial charge in [-0.1, -0.05) is 0 Å². The molecule has 2 aromatic rings. The zero-order valence-electron chi connectivity index (χ0n) is 14.5. The zero-order valence-corrected chi connectivity index (χ0v) is 14.5. The van der Waals surface area contributed by atoms with E-state index in [9.17, 15) is 5.11 Å². The van der Waals surface area contributed by atoms with Gasteiger partial charge < -0.3 is 16.2 Å². The summed E-state index contributed by atoms with van der Waals surface area (Å²) < 4.78 is 0. The number of hydrogen-bond donors (Lipinski definition) is 3. The van der Waals surface area contributed by atoms with Crippen molar-refractivity contribution in [3.8, 4) is 0 Å². The Balaban J connectivity index is 1.39. The summed E-state index contributed by atoms with van der Waals surface area (Å²) in [6.07, 6.45) is 5.39. The minimum absolute atomic E-state index is 0.210. The van der Waals surface area contributed by atoms with Crippen LogP contribution in [0.25, 0.3) is 0 Å². The largest absolute Gasteiger partial charge is 0.393 e. The fraction of sp³-hybridized carbons (Fsp3) is 0.556. The van der Waals surface area contributed by atoms with E-state index in [2.05, 4.69) is 27.2 Å². The van der Waals surface area contributed by atoms with Gasteiger partial charge in [-0.05, 0) is 44.6 Å². The quantitative estimate of drug-likeness (QED) is 0.757. The highest BCUT2D eigenvalue weighted by Crippen LogP contribution is 2.36. The molecular formula is C18H24N6O. The fourth-order valence-electron chi connectivity index (χ4n) is 3.71. The van der Waals surface area contributed by atoms with Crippen LogP contribution in [0, 0.1) is 6.92 Å². The summed E-state index contributed by atoms with van der Waals surface area (Å²) >= 11 is 0. The Morgan fingerprint density at radius 3 is 2.84 bits per heavy atom. The van der Waals surface area contributed by atoms with E-state index in [1.165, 1.54) is 17.7 Å². The van der Waals surface area contributed by atoms with E-state index >= 15 is 0 Å². The summed E-state index contributed by atoms with van der Waals surface area (Å²) in [5, 5.41) is 12.8. The maximum Gasteiger partial charge on any atom is 0.222 e. The summed E-state index contributed by atoms with van der Waals surface area (Å²) in [5.74, 6) is 2.16. The van der Waals surface area contributed by atoms with Crippen LogP contribution in [0.5, 0.6) is 0 Å². The highest BCUT2D eigenvalue weighted by atomic mass is 16.3. The van der Waals surface area contributed by atoms with E-state index < -0.39 is 0 Å². The molecule has 4 N–H and O–H groups in total. The van der Waals surface area contributed by atoms with E-state index in [-0.39, 0.29) is 18.0 Å². The highest BCUT2D eigenvalue weighted by Gasteiger charge is 2.30. The van der Waals surface area contributed by atoms with E-state index in [1.807, 2.05) is 6.07 Å². The topological polar surface area (TPSA) is 110 Å². The Bertz CT molecular complexity index is 787. The second-order valence-electron chi connectivity index (χ2n) is 7.04. The van der Waals surface area contributed by atoms with Gasteiger partial charge >= 0.3 is 0 Å². The number of aryl methyl sites for hydroxylation is 2. The molecule has 0 unspecified atom stereocenters. The first-order valence-corrected chi connectivity index (χ1v) is 9.00. The third-order valence-corrected chi connectivity index (χ3v) is 5.14. The van der Waals surface area contributed by atoms with Crippen molar-refractivity contribution in [2.24, 2.45) is 0 Å². The molecule has 7 heteroatoms. The van der Waals surface area contributed by atoms with Crippen LogP contribution in [0.15, 0.2) is 6.07 Å². The van der Waals surface area contributed by atoms with Gasteiger partial charge in [-0.2, -0.15) is 4.98 Å². The van der Waals surface area contributed by atoms with Crippen molar-refractivity contribution in [1.29, 1.82) is 0 Å².